The Morgan fingerprint density at radius 1 is 1.39 bits per heavy atom. The first-order chi connectivity index (χ1) is 8.58. The Hall–Kier alpha value is -0.870. The van der Waals surface area contributed by atoms with Gasteiger partial charge in [0.15, 0.2) is 0 Å². The molecule has 4 heteroatoms. The Morgan fingerprint density at radius 3 is 2.67 bits per heavy atom. The first kappa shape index (κ1) is 13.6. The summed E-state index contributed by atoms with van der Waals surface area (Å²) in [7, 11) is 0. The maximum Gasteiger partial charge on any atom is 0.114 e. The van der Waals surface area contributed by atoms with Gasteiger partial charge in [0.05, 0.1) is 11.0 Å². The average molecular weight is 310 g/mol. The molecule has 0 saturated heterocycles. The van der Waals surface area contributed by atoms with Crippen LogP contribution in [-0.4, -0.2) is 16.1 Å². The summed E-state index contributed by atoms with van der Waals surface area (Å²) in [5, 5.41) is 0. The lowest BCUT2D eigenvalue weighted by molar-refractivity contribution is 0.530. The van der Waals surface area contributed by atoms with E-state index in [0.29, 0.717) is 18.5 Å². The molecule has 3 nitrogen and oxygen atoms in total. The van der Waals surface area contributed by atoms with Crippen molar-refractivity contribution in [2.45, 2.75) is 39.2 Å². The second kappa shape index (κ2) is 5.41. The summed E-state index contributed by atoms with van der Waals surface area (Å²) in [5.41, 5.74) is 8.11. The molecule has 98 valence electrons. The SMILES string of the molecule is CCC(CN)c1nc2cc(Br)ccc2n1C(C)C. The molecule has 0 amide bonds. The number of benzene rings is 1. The van der Waals surface area contributed by atoms with Crippen molar-refractivity contribution < 1.29 is 0 Å². The molecule has 2 N–H and O–H groups in total. The van der Waals surface area contributed by atoms with Gasteiger partial charge in [0.1, 0.15) is 5.82 Å². The van der Waals surface area contributed by atoms with Crippen LogP contribution >= 0.6 is 15.9 Å². The third-order valence-electron chi connectivity index (χ3n) is 3.34. The molecular formula is C14H20BrN3. The normalized spacial score (nSPS) is 13.4. The fourth-order valence-electron chi connectivity index (χ4n) is 2.38. The molecule has 1 unspecified atom stereocenters. The molecular weight excluding hydrogens is 290 g/mol. The first-order valence-corrected chi connectivity index (χ1v) is 7.25. The van der Waals surface area contributed by atoms with Gasteiger partial charge in [0.2, 0.25) is 0 Å². The van der Waals surface area contributed by atoms with Crippen LogP contribution in [0.3, 0.4) is 0 Å². The highest BCUT2D eigenvalue weighted by molar-refractivity contribution is 9.10. The number of rotatable bonds is 4. The summed E-state index contributed by atoms with van der Waals surface area (Å²) in [4.78, 5) is 4.79. The monoisotopic (exact) mass is 309 g/mol. The van der Waals surface area contributed by atoms with E-state index in [4.69, 9.17) is 10.7 Å². The topological polar surface area (TPSA) is 43.8 Å². The quantitative estimate of drug-likeness (QED) is 0.932. The molecule has 2 rings (SSSR count). The van der Waals surface area contributed by atoms with Crippen molar-refractivity contribution in [1.82, 2.24) is 9.55 Å². The van der Waals surface area contributed by atoms with E-state index >= 15 is 0 Å². The van der Waals surface area contributed by atoms with E-state index in [2.05, 4.69) is 59.5 Å². The minimum atomic E-state index is 0.332. The van der Waals surface area contributed by atoms with E-state index in [1.54, 1.807) is 0 Å². The largest absolute Gasteiger partial charge is 0.330 e. The van der Waals surface area contributed by atoms with Crippen LogP contribution in [0.2, 0.25) is 0 Å². The summed E-state index contributed by atoms with van der Waals surface area (Å²) < 4.78 is 3.37. The van der Waals surface area contributed by atoms with E-state index in [9.17, 15) is 0 Å². The summed E-state index contributed by atoms with van der Waals surface area (Å²) in [6.07, 6.45) is 1.02. The van der Waals surface area contributed by atoms with Crippen LogP contribution in [0.4, 0.5) is 0 Å². The summed E-state index contributed by atoms with van der Waals surface area (Å²) >= 11 is 3.50. The highest BCUT2D eigenvalue weighted by Crippen LogP contribution is 2.28. The predicted molar refractivity (Wildman–Crippen MR) is 79.9 cm³/mol. The van der Waals surface area contributed by atoms with Gasteiger partial charge < -0.3 is 10.3 Å². The third-order valence-corrected chi connectivity index (χ3v) is 3.83. The molecule has 0 aliphatic heterocycles. The zero-order valence-electron chi connectivity index (χ0n) is 11.2. The Bertz CT molecular complexity index is 541. The van der Waals surface area contributed by atoms with Gasteiger partial charge in [-0.2, -0.15) is 0 Å². The highest BCUT2D eigenvalue weighted by atomic mass is 79.9. The number of nitrogens with two attached hydrogens (primary N) is 1. The molecule has 1 heterocycles. The van der Waals surface area contributed by atoms with Gasteiger partial charge in [-0.05, 0) is 38.5 Å². The molecule has 0 radical (unpaired) electrons. The van der Waals surface area contributed by atoms with Gasteiger partial charge >= 0.3 is 0 Å². The van der Waals surface area contributed by atoms with Crippen molar-refractivity contribution in [1.29, 1.82) is 0 Å². The molecule has 0 aliphatic carbocycles. The second-order valence-corrected chi connectivity index (χ2v) is 5.82. The van der Waals surface area contributed by atoms with Crippen LogP contribution in [0.15, 0.2) is 22.7 Å². The summed E-state index contributed by atoms with van der Waals surface area (Å²) in [5.74, 6) is 1.45. The van der Waals surface area contributed by atoms with Gasteiger partial charge in [0, 0.05) is 23.0 Å². The highest BCUT2D eigenvalue weighted by Gasteiger charge is 2.19. The standard InChI is InChI=1S/C14H20BrN3/c1-4-10(8-16)14-17-12-7-11(15)5-6-13(12)18(14)9(2)3/h5-7,9-10H,4,8,16H2,1-3H3. The Kier molecular flexibility index (Phi) is 4.07. The van der Waals surface area contributed by atoms with Crippen molar-refractivity contribution in [3.8, 4) is 0 Å². The van der Waals surface area contributed by atoms with E-state index in [1.807, 2.05) is 0 Å². The van der Waals surface area contributed by atoms with Gasteiger partial charge in [-0.25, -0.2) is 4.98 Å². The Labute approximate surface area is 117 Å². The lowest BCUT2D eigenvalue weighted by Gasteiger charge is -2.18. The van der Waals surface area contributed by atoms with Crippen LogP contribution < -0.4 is 5.73 Å². The molecule has 0 spiro atoms. The molecule has 0 bridgehead atoms. The lowest BCUT2D eigenvalue weighted by atomic mass is 10.1. The van der Waals surface area contributed by atoms with E-state index in [0.717, 1.165) is 22.2 Å². The minimum absolute atomic E-state index is 0.332. The number of fused-ring (bicyclic) bond motifs is 1. The van der Waals surface area contributed by atoms with Crippen molar-refractivity contribution in [2.24, 2.45) is 5.73 Å². The number of halogens is 1. The van der Waals surface area contributed by atoms with Crippen molar-refractivity contribution >= 4 is 27.0 Å². The van der Waals surface area contributed by atoms with Gasteiger partial charge in [0.25, 0.3) is 0 Å². The molecule has 18 heavy (non-hydrogen) atoms. The van der Waals surface area contributed by atoms with Crippen LogP contribution in [0.5, 0.6) is 0 Å². The zero-order valence-corrected chi connectivity index (χ0v) is 12.7. The number of hydrogen-bond donors (Lipinski definition) is 1. The van der Waals surface area contributed by atoms with Crippen LogP contribution in [-0.2, 0) is 0 Å². The van der Waals surface area contributed by atoms with Gasteiger partial charge in [-0.15, -0.1) is 0 Å². The molecule has 2 aromatic rings. The number of hydrogen-bond acceptors (Lipinski definition) is 2. The van der Waals surface area contributed by atoms with Crippen LogP contribution in [0.1, 0.15) is 45.0 Å². The van der Waals surface area contributed by atoms with Crippen LogP contribution in [0.25, 0.3) is 11.0 Å². The van der Waals surface area contributed by atoms with Crippen molar-refractivity contribution in [2.75, 3.05) is 6.54 Å². The minimum Gasteiger partial charge on any atom is -0.330 e. The second-order valence-electron chi connectivity index (χ2n) is 4.91. The zero-order chi connectivity index (χ0) is 13.3. The predicted octanol–water partition coefficient (Wildman–Crippen LogP) is 3.83. The molecule has 1 atom stereocenters. The number of nitrogens with zero attached hydrogens (tertiary/aromatic N) is 2. The molecule has 1 aromatic carbocycles. The lowest BCUT2D eigenvalue weighted by Crippen LogP contribution is -2.17. The maximum absolute atomic E-state index is 5.87. The van der Waals surface area contributed by atoms with Gasteiger partial charge in [-0.3, -0.25) is 0 Å². The fourth-order valence-corrected chi connectivity index (χ4v) is 2.72. The number of aromatic nitrogens is 2. The van der Waals surface area contributed by atoms with Crippen molar-refractivity contribution in [3.05, 3.63) is 28.5 Å². The Morgan fingerprint density at radius 2 is 2.11 bits per heavy atom. The van der Waals surface area contributed by atoms with E-state index in [-0.39, 0.29) is 0 Å². The van der Waals surface area contributed by atoms with Crippen LogP contribution in [0, 0.1) is 0 Å². The van der Waals surface area contributed by atoms with E-state index < -0.39 is 0 Å². The average Bonchev–Trinajstić information content (AvgIpc) is 2.68. The first-order valence-electron chi connectivity index (χ1n) is 6.45. The summed E-state index contributed by atoms with van der Waals surface area (Å²) in [6, 6.07) is 6.66. The molecule has 0 aliphatic rings. The molecule has 1 aromatic heterocycles. The summed E-state index contributed by atoms with van der Waals surface area (Å²) in [6.45, 7) is 7.19. The molecule has 0 fully saturated rings. The van der Waals surface area contributed by atoms with E-state index in [1.165, 1.54) is 5.52 Å². The smallest absolute Gasteiger partial charge is 0.114 e. The van der Waals surface area contributed by atoms with Gasteiger partial charge in [-0.1, -0.05) is 22.9 Å². The maximum atomic E-state index is 5.87. The molecule has 0 saturated carbocycles. The number of imidazole rings is 1. The third kappa shape index (κ3) is 2.31. The Balaban J connectivity index is 2.68. The van der Waals surface area contributed by atoms with Crippen molar-refractivity contribution in [3.63, 3.8) is 0 Å². The fraction of sp³-hybridized carbons (Fsp3) is 0.500.